The number of carbonyl (C=O) groups excluding carboxylic acids is 1. The van der Waals surface area contributed by atoms with Crippen molar-refractivity contribution in [1.82, 2.24) is 0 Å². The molecule has 3 rings (SSSR count). The quantitative estimate of drug-likeness (QED) is 0.738. The maximum Gasteiger partial charge on any atom is 0.139 e. The Morgan fingerprint density at radius 2 is 2.11 bits per heavy atom. The molecule has 1 aliphatic heterocycles. The summed E-state index contributed by atoms with van der Waals surface area (Å²) >= 11 is 0. The van der Waals surface area contributed by atoms with Crippen LogP contribution in [-0.2, 0) is 9.53 Å². The lowest BCUT2D eigenvalue weighted by Crippen LogP contribution is -2.36. The topological polar surface area (TPSA) is 26.3 Å². The number of hydrogen-bond acceptors (Lipinski definition) is 2. The second-order valence-corrected chi connectivity index (χ2v) is 6.45. The Balaban J connectivity index is 1.84. The van der Waals surface area contributed by atoms with Crippen molar-refractivity contribution in [3.8, 4) is 0 Å². The summed E-state index contributed by atoms with van der Waals surface area (Å²) in [5, 5.41) is 0. The van der Waals surface area contributed by atoms with Gasteiger partial charge in [0.25, 0.3) is 0 Å². The molecule has 2 aliphatic carbocycles. The zero-order valence-corrected chi connectivity index (χ0v) is 11.6. The molecule has 0 spiro atoms. The Morgan fingerprint density at radius 1 is 1.28 bits per heavy atom. The fraction of sp³-hybridized carbons (Fsp3) is 0.812. The number of ketones is 1. The molecular weight excluding hydrogens is 224 g/mol. The van der Waals surface area contributed by atoms with E-state index in [1.807, 2.05) is 0 Å². The highest BCUT2D eigenvalue weighted by molar-refractivity contribution is 5.87. The fourth-order valence-electron chi connectivity index (χ4n) is 4.22. The molecule has 0 saturated heterocycles. The molecule has 2 nitrogen and oxygen atoms in total. The highest BCUT2D eigenvalue weighted by Gasteiger charge is 2.50. The second-order valence-electron chi connectivity index (χ2n) is 6.45. The van der Waals surface area contributed by atoms with E-state index in [0.717, 1.165) is 32.1 Å². The largest absolute Gasteiger partial charge is 0.495 e. The zero-order valence-electron chi connectivity index (χ0n) is 11.6. The van der Waals surface area contributed by atoms with Gasteiger partial charge in [0.15, 0.2) is 0 Å². The molecule has 0 bridgehead atoms. The van der Waals surface area contributed by atoms with E-state index < -0.39 is 0 Å². The van der Waals surface area contributed by atoms with Gasteiger partial charge in [-0.2, -0.15) is 0 Å². The average Bonchev–Trinajstić information content (AvgIpc) is 2.67. The molecule has 3 atom stereocenters. The van der Waals surface area contributed by atoms with E-state index in [1.165, 1.54) is 30.6 Å². The minimum Gasteiger partial charge on any atom is -0.495 e. The molecular formula is C16H24O2. The van der Waals surface area contributed by atoms with E-state index in [-0.39, 0.29) is 5.41 Å². The van der Waals surface area contributed by atoms with E-state index in [2.05, 4.69) is 13.8 Å². The van der Waals surface area contributed by atoms with Crippen molar-refractivity contribution in [3.05, 3.63) is 11.3 Å². The number of carbonyl (C=O) groups is 1. The molecule has 1 saturated carbocycles. The van der Waals surface area contributed by atoms with Gasteiger partial charge >= 0.3 is 0 Å². The molecule has 0 aromatic carbocycles. The lowest BCUT2D eigenvalue weighted by molar-refractivity contribution is -0.127. The summed E-state index contributed by atoms with van der Waals surface area (Å²) in [5.74, 6) is 2.25. The van der Waals surface area contributed by atoms with E-state index in [4.69, 9.17) is 4.74 Å². The average molecular weight is 248 g/mol. The Morgan fingerprint density at radius 3 is 2.89 bits per heavy atom. The van der Waals surface area contributed by atoms with Gasteiger partial charge < -0.3 is 4.74 Å². The summed E-state index contributed by atoms with van der Waals surface area (Å²) in [5.41, 5.74) is 1.45. The van der Waals surface area contributed by atoms with Crippen LogP contribution in [0.1, 0.15) is 65.2 Å². The van der Waals surface area contributed by atoms with Crippen molar-refractivity contribution in [2.75, 3.05) is 0 Å². The lowest BCUT2D eigenvalue weighted by atomic mass is 9.66. The van der Waals surface area contributed by atoms with E-state index in [9.17, 15) is 4.79 Å². The Labute approximate surface area is 110 Å². The second kappa shape index (κ2) is 4.40. The number of ether oxygens (including phenoxy) is 1. The fourth-order valence-corrected chi connectivity index (χ4v) is 4.22. The van der Waals surface area contributed by atoms with Crippen LogP contribution >= 0.6 is 0 Å². The van der Waals surface area contributed by atoms with Crippen molar-refractivity contribution >= 4 is 5.78 Å². The van der Waals surface area contributed by atoms with Gasteiger partial charge in [-0.25, -0.2) is 0 Å². The third-order valence-electron chi connectivity index (χ3n) is 5.37. The summed E-state index contributed by atoms with van der Waals surface area (Å²) < 4.78 is 6.19. The van der Waals surface area contributed by atoms with E-state index >= 15 is 0 Å². The minimum atomic E-state index is -0.0558. The molecule has 2 heteroatoms. The molecule has 100 valence electrons. The standard InChI is InChI=1S/C16H24O2/c1-3-4-11-5-6-12-13-7-8-15(17)16(13,2)10-9-14(12)18-11/h11,13H,3-10H2,1-2H3/t11?,13-,16-/m1/s1. The van der Waals surface area contributed by atoms with E-state index in [0.29, 0.717) is 17.8 Å². The molecule has 0 aromatic heterocycles. The smallest absolute Gasteiger partial charge is 0.139 e. The first-order valence-electron chi connectivity index (χ1n) is 7.57. The minimum absolute atomic E-state index is 0.0558. The summed E-state index contributed by atoms with van der Waals surface area (Å²) in [6.07, 6.45) is 9.01. The third-order valence-corrected chi connectivity index (χ3v) is 5.37. The van der Waals surface area contributed by atoms with Crippen LogP contribution in [0.5, 0.6) is 0 Å². The van der Waals surface area contributed by atoms with Crippen LogP contribution in [0.2, 0.25) is 0 Å². The van der Waals surface area contributed by atoms with Gasteiger partial charge in [0.1, 0.15) is 5.78 Å². The van der Waals surface area contributed by atoms with Gasteiger partial charge in [0, 0.05) is 18.3 Å². The highest BCUT2D eigenvalue weighted by atomic mass is 16.5. The summed E-state index contributed by atoms with van der Waals surface area (Å²) in [6, 6.07) is 0. The molecule has 1 heterocycles. The Hall–Kier alpha value is -0.790. The number of hydrogen-bond donors (Lipinski definition) is 0. The van der Waals surface area contributed by atoms with Gasteiger partial charge in [-0.15, -0.1) is 0 Å². The normalized spacial score (nSPS) is 39.3. The predicted octanol–water partition coefficient (Wildman–Crippen LogP) is 4.00. The Kier molecular flexibility index (Phi) is 2.99. The van der Waals surface area contributed by atoms with Crippen LogP contribution < -0.4 is 0 Å². The maximum absolute atomic E-state index is 12.1. The van der Waals surface area contributed by atoms with E-state index in [1.54, 1.807) is 0 Å². The van der Waals surface area contributed by atoms with Crippen molar-refractivity contribution in [2.45, 2.75) is 71.3 Å². The van der Waals surface area contributed by atoms with Crippen LogP contribution in [0.15, 0.2) is 11.3 Å². The SMILES string of the molecule is CCCC1CCC2=C(CC[C@@]3(C)C(=O)CC[C@H]23)O1. The molecule has 0 aromatic rings. The van der Waals surface area contributed by atoms with Gasteiger partial charge in [-0.1, -0.05) is 20.3 Å². The molecule has 18 heavy (non-hydrogen) atoms. The zero-order chi connectivity index (χ0) is 12.8. The summed E-state index contributed by atoms with van der Waals surface area (Å²) in [4.78, 5) is 12.1. The highest BCUT2D eigenvalue weighted by Crippen LogP contribution is 2.54. The molecule has 0 N–H and O–H groups in total. The monoisotopic (exact) mass is 248 g/mol. The first kappa shape index (κ1) is 12.3. The number of rotatable bonds is 2. The van der Waals surface area contributed by atoms with Crippen LogP contribution in [0.3, 0.4) is 0 Å². The molecule has 3 aliphatic rings. The van der Waals surface area contributed by atoms with Gasteiger partial charge in [-0.3, -0.25) is 4.79 Å². The summed E-state index contributed by atoms with van der Waals surface area (Å²) in [7, 11) is 0. The van der Waals surface area contributed by atoms with Crippen molar-refractivity contribution in [1.29, 1.82) is 0 Å². The molecule has 0 radical (unpaired) electrons. The first-order valence-corrected chi connectivity index (χ1v) is 7.57. The number of allylic oxidation sites excluding steroid dienone is 2. The van der Waals surface area contributed by atoms with Crippen LogP contribution in [0, 0.1) is 11.3 Å². The van der Waals surface area contributed by atoms with Gasteiger partial charge in [0.05, 0.1) is 11.9 Å². The number of fused-ring (bicyclic) bond motifs is 2. The van der Waals surface area contributed by atoms with Crippen LogP contribution in [0.4, 0.5) is 0 Å². The maximum atomic E-state index is 12.1. The predicted molar refractivity (Wildman–Crippen MR) is 71.1 cm³/mol. The van der Waals surface area contributed by atoms with Crippen molar-refractivity contribution in [3.63, 3.8) is 0 Å². The Bertz CT molecular complexity index is 396. The number of Topliss-reactive ketones (excluding diaryl/α,β-unsaturated/α-hetero) is 1. The van der Waals surface area contributed by atoms with Crippen molar-refractivity contribution in [2.24, 2.45) is 11.3 Å². The first-order chi connectivity index (χ1) is 8.65. The molecule has 1 unspecified atom stereocenters. The van der Waals surface area contributed by atoms with Crippen molar-refractivity contribution < 1.29 is 9.53 Å². The summed E-state index contributed by atoms with van der Waals surface area (Å²) in [6.45, 7) is 4.41. The van der Waals surface area contributed by atoms with Crippen LogP contribution in [-0.4, -0.2) is 11.9 Å². The van der Waals surface area contributed by atoms with Gasteiger partial charge in [0.2, 0.25) is 0 Å². The molecule has 1 fully saturated rings. The lowest BCUT2D eigenvalue weighted by Gasteiger charge is -2.41. The third kappa shape index (κ3) is 1.72. The van der Waals surface area contributed by atoms with Crippen LogP contribution in [0.25, 0.3) is 0 Å². The van der Waals surface area contributed by atoms with Gasteiger partial charge in [-0.05, 0) is 43.6 Å². The molecule has 0 amide bonds.